The minimum atomic E-state index is 0.237. The van der Waals surface area contributed by atoms with E-state index in [9.17, 15) is 0 Å². The maximum atomic E-state index is 4.44. The summed E-state index contributed by atoms with van der Waals surface area (Å²) in [5.74, 6) is 0.808. The van der Waals surface area contributed by atoms with Crippen molar-refractivity contribution in [3.63, 3.8) is 0 Å². The minimum Gasteiger partial charge on any atom is -0.312 e. The number of hydrogen-bond donors (Lipinski definition) is 1. The number of hydrogen-bond acceptors (Lipinski definition) is 3. The molecule has 0 aliphatic carbocycles. The van der Waals surface area contributed by atoms with E-state index in [0.717, 1.165) is 25.4 Å². The van der Waals surface area contributed by atoms with Crippen LogP contribution in [0.3, 0.4) is 0 Å². The van der Waals surface area contributed by atoms with Crippen LogP contribution in [0.2, 0.25) is 0 Å². The molecular weight excluding hydrogens is 236 g/mol. The van der Waals surface area contributed by atoms with E-state index >= 15 is 0 Å². The smallest absolute Gasteiger partial charge is 0.0637 e. The standard InChI is InChI=1S/C15H28N4/c1-15(2,3)16-11-13-5-9-19(12-13)10-7-14-6-8-18(4)17-14/h6,8,13,16H,5,7,9-12H2,1-4H3. The van der Waals surface area contributed by atoms with Crippen LogP contribution in [0.15, 0.2) is 12.3 Å². The molecular formula is C15H28N4. The van der Waals surface area contributed by atoms with Crippen LogP contribution in [0.25, 0.3) is 0 Å². The van der Waals surface area contributed by atoms with Gasteiger partial charge in [0.2, 0.25) is 0 Å². The second-order valence-electron chi connectivity index (χ2n) is 6.82. The Morgan fingerprint density at radius 1 is 1.42 bits per heavy atom. The van der Waals surface area contributed by atoms with Gasteiger partial charge in [0.1, 0.15) is 0 Å². The number of rotatable bonds is 5. The van der Waals surface area contributed by atoms with Crippen molar-refractivity contribution in [1.29, 1.82) is 0 Å². The van der Waals surface area contributed by atoms with E-state index in [1.165, 1.54) is 25.2 Å². The minimum absolute atomic E-state index is 0.237. The summed E-state index contributed by atoms with van der Waals surface area (Å²) in [6.45, 7) is 11.5. The van der Waals surface area contributed by atoms with Crippen LogP contribution >= 0.6 is 0 Å². The summed E-state index contributed by atoms with van der Waals surface area (Å²) in [4.78, 5) is 2.57. The molecule has 1 unspecified atom stereocenters. The molecule has 1 fully saturated rings. The Bertz CT molecular complexity index is 391. The summed E-state index contributed by atoms with van der Waals surface area (Å²) in [5, 5.41) is 8.06. The summed E-state index contributed by atoms with van der Waals surface area (Å²) < 4.78 is 1.88. The van der Waals surface area contributed by atoms with E-state index < -0.39 is 0 Å². The van der Waals surface area contributed by atoms with Crippen LogP contribution in [0, 0.1) is 5.92 Å². The van der Waals surface area contributed by atoms with E-state index in [1.54, 1.807) is 0 Å². The van der Waals surface area contributed by atoms with Crippen LogP contribution in [0.1, 0.15) is 32.9 Å². The van der Waals surface area contributed by atoms with Crippen LogP contribution in [-0.4, -0.2) is 46.4 Å². The first-order chi connectivity index (χ1) is 8.92. The first kappa shape index (κ1) is 14.5. The molecule has 1 aromatic heterocycles. The van der Waals surface area contributed by atoms with Crippen molar-refractivity contribution in [1.82, 2.24) is 20.0 Å². The highest BCUT2D eigenvalue weighted by Gasteiger charge is 2.23. The first-order valence-electron chi connectivity index (χ1n) is 7.38. The van der Waals surface area contributed by atoms with Crippen LogP contribution in [-0.2, 0) is 13.5 Å². The molecule has 19 heavy (non-hydrogen) atoms. The molecule has 2 heterocycles. The summed E-state index contributed by atoms with van der Waals surface area (Å²) >= 11 is 0. The third-order valence-corrected chi connectivity index (χ3v) is 3.74. The van der Waals surface area contributed by atoms with Gasteiger partial charge in [-0.1, -0.05) is 0 Å². The first-order valence-corrected chi connectivity index (χ1v) is 7.38. The molecule has 0 saturated carbocycles. The average Bonchev–Trinajstić information content (AvgIpc) is 2.92. The van der Waals surface area contributed by atoms with Gasteiger partial charge in [-0.15, -0.1) is 0 Å². The fraction of sp³-hybridized carbons (Fsp3) is 0.800. The molecule has 1 atom stereocenters. The molecule has 2 rings (SSSR count). The van der Waals surface area contributed by atoms with Gasteiger partial charge in [0.25, 0.3) is 0 Å². The Morgan fingerprint density at radius 3 is 2.84 bits per heavy atom. The van der Waals surface area contributed by atoms with Crippen molar-refractivity contribution in [3.05, 3.63) is 18.0 Å². The lowest BCUT2D eigenvalue weighted by atomic mass is 10.1. The predicted octanol–water partition coefficient (Wildman–Crippen LogP) is 1.67. The van der Waals surface area contributed by atoms with Gasteiger partial charge in [0.15, 0.2) is 0 Å². The predicted molar refractivity (Wildman–Crippen MR) is 79.2 cm³/mol. The SMILES string of the molecule is Cn1ccc(CCN2CCC(CNC(C)(C)C)C2)n1. The van der Waals surface area contributed by atoms with E-state index in [0.29, 0.717) is 0 Å². The van der Waals surface area contributed by atoms with Crippen LogP contribution < -0.4 is 5.32 Å². The molecule has 1 aliphatic heterocycles. The molecule has 1 saturated heterocycles. The molecule has 1 aromatic rings. The third-order valence-electron chi connectivity index (χ3n) is 3.74. The number of aromatic nitrogens is 2. The second-order valence-corrected chi connectivity index (χ2v) is 6.82. The van der Waals surface area contributed by atoms with Crippen molar-refractivity contribution >= 4 is 0 Å². The van der Waals surface area contributed by atoms with E-state index in [4.69, 9.17) is 0 Å². The quantitative estimate of drug-likeness (QED) is 0.878. The maximum absolute atomic E-state index is 4.44. The van der Waals surface area contributed by atoms with E-state index in [1.807, 2.05) is 17.9 Å². The molecule has 4 heteroatoms. The lowest BCUT2D eigenvalue weighted by molar-refractivity contribution is 0.313. The Labute approximate surface area is 117 Å². The van der Waals surface area contributed by atoms with Gasteiger partial charge < -0.3 is 10.2 Å². The molecule has 0 bridgehead atoms. The number of aryl methyl sites for hydroxylation is 1. The van der Waals surface area contributed by atoms with Crippen LogP contribution in [0.5, 0.6) is 0 Å². The van der Waals surface area contributed by atoms with E-state index in [-0.39, 0.29) is 5.54 Å². The van der Waals surface area contributed by atoms with Gasteiger partial charge in [-0.05, 0) is 52.3 Å². The van der Waals surface area contributed by atoms with Gasteiger partial charge in [0, 0.05) is 38.3 Å². The highest BCUT2D eigenvalue weighted by molar-refractivity contribution is 4.99. The monoisotopic (exact) mass is 264 g/mol. The van der Waals surface area contributed by atoms with Crippen molar-refractivity contribution in [3.8, 4) is 0 Å². The van der Waals surface area contributed by atoms with Gasteiger partial charge in [-0.2, -0.15) is 5.10 Å². The molecule has 0 amide bonds. The van der Waals surface area contributed by atoms with Crippen molar-refractivity contribution < 1.29 is 0 Å². The largest absolute Gasteiger partial charge is 0.312 e. The van der Waals surface area contributed by atoms with Crippen molar-refractivity contribution in [2.75, 3.05) is 26.2 Å². The zero-order valence-electron chi connectivity index (χ0n) is 12.8. The number of likely N-dealkylation sites (tertiary alicyclic amines) is 1. The Balaban J connectivity index is 1.67. The molecule has 0 radical (unpaired) electrons. The molecule has 1 N–H and O–H groups in total. The zero-order chi connectivity index (χ0) is 13.9. The van der Waals surface area contributed by atoms with Crippen molar-refractivity contribution in [2.24, 2.45) is 13.0 Å². The molecule has 108 valence electrons. The lowest BCUT2D eigenvalue weighted by Crippen LogP contribution is -2.39. The fourth-order valence-corrected chi connectivity index (χ4v) is 2.60. The Kier molecular flexibility index (Phi) is 4.63. The number of nitrogens with one attached hydrogen (secondary N) is 1. The normalized spacial score (nSPS) is 21.2. The third kappa shape index (κ3) is 4.96. The molecule has 0 spiro atoms. The molecule has 0 aromatic carbocycles. The fourth-order valence-electron chi connectivity index (χ4n) is 2.60. The molecule has 1 aliphatic rings. The topological polar surface area (TPSA) is 33.1 Å². The van der Waals surface area contributed by atoms with Gasteiger partial charge in [0.05, 0.1) is 5.69 Å². The van der Waals surface area contributed by atoms with Gasteiger partial charge in [-0.3, -0.25) is 4.68 Å². The average molecular weight is 264 g/mol. The van der Waals surface area contributed by atoms with Gasteiger partial charge >= 0.3 is 0 Å². The summed E-state index contributed by atoms with van der Waals surface area (Å²) in [7, 11) is 1.98. The molecule has 4 nitrogen and oxygen atoms in total. The number of nitrogens with zero attached hydrogens (tertiary/aromatic N) is 3. The Hall–Kier alpha value is -0.870. The Morgan fingerprint density at radius 2 is 2.21 bits per heavy atom. The summed E-state index contributed by atoms with van der Waals surface area (Å²) in [6, 6.07) is 2.12. The summed E-state index contributed by atoms with van der Waals surface area (Å²) in [6.07, 6.45) is 4.42. The lowest BCUT2D eigenvalue weighted by Gasteiger charge is -2.23. The maximum Gasteiger partial charge on any atom is 0.0637 e. The van der Waals surface area contributed by atoms with E-state index in [2.05, 4.69) is 42.2 Å². The second kappa shape index (κ2) is 6.06. The zero-order valence-corrected chi connectivity index (χ0v) is 12.8. The summed E-state index contributed by atoms with van der Waals surface area (Å²) in [5.41, 5.74) is 1.44. The highest BCUT2D eigenvalue weighted by Crippen LogP contribution is 2.16. The van der Waals surface area contributed by atoms with Gasteiger partial charge in [-0.25, -0.2) is 0 Å². The van der Waals surface area contributed by atoms with Crippen molar-refractivity contribution in [2.45, 2.75) is 39.2 Å². The van der Waals surface area contributed by atoms with Crippen LogP contribution in [0.4, 0.5) is 0 Å². The highest BCUT2D eigenvalue weighted by atomic mass is 15.2.